The van der Waals surface area contributed by atoms with Crippen LogP contribution in [0, 0.1) is 6.92 Å². The van der Waals surface area contributed by atoms with Gasteiger partial charge in [-0.3, -0.25) is 9.69 Å². The normalized spacial score (nSPS) is 14.3. The Morgan fingerprint density at radius 3 is 2.65 bits per heavy atom. The zero-order valence-corrected chi connectivity index (χ0v) is 13.6. The van der Waals surface area contributed by atoms with Crippen LogP contribution >= 0.6 is 0 Å². The molecule has 1 aromatic carbocycles. The number of rotatable bonds is 3. The third-order valence-corrected chi connectivity index (χ3v) is 3.80. The first kappa shape index (κ1) is 17.7. The molecule has 6 nitrogen and oxygen atoms in total. The number of hydrogen-bond donors (Lipinski definition) is 1. The topological polar surface area (TPSA) is 71.5 Å². The molecular weight excluding hydrogens is 351 g/mol. The van der Waals surface area contributed by atoms with Crippen LogP contribution in [0.2, 0.25) is 0 Å². The lowest BCUT2D eigenvalue weighted by molar-refractivity contribution is -0.141. The molecular formula is C17H14F3N3O3. The van der Waals surface area contributed by atoms with E-state index in [4.69, 9.17) is 4.74 Å². The molecule has 2 heterocycles. The summed E-state index contributed by atoms with van der Waals surface area (Å²) < 4.78 is 42.9. The molecule has 1 saturated heterocycles. The van der Waals surface area contributed by atoms with E-state index in [1.165, 1.54) is 11.8 Å². The number of aromatic nitrogens is 1. The molecule has 2 aromatic rings. The number of aryl methyl sites for hydroxylation is 1. The van der Waals surface area contributed by atoms with Gasteiger partial charge in [0.2, 0.25) is 0 Å². The zero-order valence-electron chi connectivity index (χ0n) is 13.6. The number of ether oxygens (including phenoxy) is 1. The molecule has 1 N–H and O–H groups in total. The van der Waals surface area contributed by atoms with Crippen molar-refractivity contribution in [3.05, 3.63) is 53.3 Å². The van der Waals surface area contributed by atoms with Gasteiger partial charge in [-0.05, 0) is 37.3 Å². The van der Waals surface area contributed by atoms with Crippen LogP contribution in [0.4, 0.5) is 29.3 Å². The Balaban J connectivity index is 1.79. The molecule has 2 amide bonds. The predicted molar refractivity (Wildman–Crippen MR) is 87.1 cm³/mol. The van der Waals surface area contributed by atoms with Crippen molar-refractivity contribution in [2.75, 3.05) is 23.4 Å². The van der Waals surface area contributed by atoms with Crippen molar-refractivity contribution in [3.8, 4) is 0 Å². The summed E-state index contributed by atoms with van der Waals surface area (Å²) in [6.07, 6.45) is -5.05. The van der Waals surface area contributed by atoms with E-state index in [9.17, 15) is 22.8 Å². The summed E-state index contributed by atoms with van der Waals surface area (Å²) in [7, 11) is 0. The van der Waals surface area contributed by atoms with Crippen LogP contribution in [0.25, 0.3) is 0 Å². The van der Waals surface area contributed by atoms with Crippen molar-refractivity contribution in [3.63, 3.8) is 0 Å². The van der Waals surface area contributed by atoms with Crippen molar-refractivity contribution < 1.29 is 27.5 Å². The van der Waals surface area contributed by atoms with Gasteiger partial charge in [0.05, 0.1) is 17.8 Å². The van der Waals surface area contributed by atoms with Crippen molar-refractivity contribution in [1.82, 2.24) is 4.98 Å². The van der Waals surface area contributed by atoms with E-state index in [1.54, 1.807) is 24.3 Å². The van der Waals surface area contributed by atoms with E-state index in [-0.39, 0.29) is 17.9 Å². The summed E-state index contributed by atoms with van der Waals surface area (Å²) in [5.74, 6) is -0.593. The molecule has 1 fully saturated rings. The Hall–Kier alpha value is -3.10. The monoisotopic (exact) mass is 365 g/mol. The average Bonchev–Trinajstić information content (AvgIpc) is 3.00. The number of carbonyl (C=O) groups excluding carboxylic acids is 2. The molecule has 1 aliphatic rings. The zero-order chi connectivity index (χ0) is 18.9. The predicted octanol–water partition coefficient (Wildman–Crippen LogP) is 3.62. The molecule has 136 valence electrons. The highest BCUT2D eigenvalue weighted by Crippen LogP contribution is 2.28. The second-order valence-electron chi connectivity index (χ2n) is 5.60. The Morgan fingerprint density at radius 1 is 1.27 bits per heavy atom. The number of amides is 2. The maximum Gasteiger partial charge on any atom is 0.433 e. The smallest absolute Gasteiger partial charge is 0.433 e. The lowest BCUT2D eigenvalue weighted by atomic mass is 10.1. The molecule has 0 saturated carbocycles. The fraction of sp³-hybridized carbons (Fsp3) is 0.235. The van der Waals surface area contributed by atoms with Gasteiger partial charge in [0.25, 0.3) is 5.91 Å². The van der Waals surface area contributed by atoms with Gasteiger partial charge in [-0.25, -0.2) is 9.78 Å². The molecule has 0 radical (unpaired) electrons. The number of carbonyl (C=O) groups is 2. The number of nitrogens with one attached hydrogen (secondary N) is 1. The average molecular weight is 365 g/mol. The van der Waals surface area contributed by atoms with Crippen LogP contribution in [-0.4, -0.2) is 30.1 Å². The van der Waals surface area contributed by atoms with E-state index in [0.29, 0.717) is 17.9 Å². The Bertz CT molecular complexity index is 868. The highest BCUT2D eigenvalue weighted by Gasteiger charge is 2.33. The lowest BCUT2D eigenvalue weighted by Crippen LogP contribution is -2.23. The number of anilines is 2. The number of pyridine rings is 1. The third kappa shape index (κ3) is 3.61. The van der Waals surface area contributed by atoms with Gasteiger partial charge in [-0.1, -0.05) is 6.07 Å². The number of cyclic esters (lactones) is 1. The van der Waals surface area contributed by atoms with Crippen LogP contribution in [-0.2, 0) is 10.9 Å². The van der Waals surface area contributed by atoms with Crippen molar-refractivity contribution >= 4 is 23.4 Å². The van der Waals surface area contributed by atoms with Gasteiger partial charge in [0.1, 0.15) is 12.3 Å². The van der Waals surface area contributed by atoms with Gasteiger partial charge >= 0.3 is 12.3 Å². The number of benzene rings is 1. The van der Waals surface area contributed by atoms with E-state index >= 15 is 0 Å². The second-order valence-corrected chi connectivity index (χ2v) is 5.60. The van der Waals surface area contributed by atoms with Crippen molar-refractivity contribution in [2.45, 2.75) is 13.1 Å². The number of halogens is 3. The summed E-state index contributed by atoms with van der Waals surface area (Å²) in [5, 5.41) is 2.60. The fourth-order valence-electron chi connectivity index (χ4n) is 2.54. The first-order valence-corrected chi connectivity index (χ1v) is 7.66. The molecule has 1 aliphatic heterocycles. The lowest BCUT2D eigenvalue weighted by Gasteiger charge is -2.15. The van der Waals surface area contributed by atoms with E-state index in [2.05, 4.69) is 10.3 Å². The molecule has 0 unspecified atom stereocenters. The summed E-state index contributed by atoms with van der Waals surface area (Å²) in [5.41, 5.74) is -0.110. The van der Waals surface area contributed by atoms with Crippen molar-refractivity contribution in [2.24, 2.45) is 0 Å². The van der Waals surface area contributed by atoms with E-state index in [1.807, 2.05) is 0 Å². The first-order valence-electron chi connectivity index (χ1n) is 7.66. The maximum atomic E-state index is 12.7. The van der Waals surface area contributed by atoms with Gasteiger partial charge in [-0.15, -0.1) is 0 Å². The van der Waals surface area contributed by atoms with Crippen LogP contribution in [0.5, 0.6) is 0 Å². The highest BCUT2D eigenvalue weighted by atomic mass is 19.4. The van der Waals surface area contributed by atoms with Crippen LogP contribution in [0.15, 0.2) is 36.4 Å². The molecule has 26 heavy (non-hydrogen) atoms. The first-order chi connectivity index (χ1) is 12.3. The summed E-state index contributed by atoms with van der Waals surface area (Å²) in [4.78, 5) is 28.8. The molecule has 0 bridgehead atoms. The van der Waals surface area contributed by atoms with Gasteiger partial charge in [0.15, 0.2) is 0 Å². The van der Waals surface area contributed by atoms with Crippen LogP contribution < -0.4 is 10.2 Å². The molecule has 0 atom stereocenters. The fourth-order valence-corrected chi connectivity index (χ4v) is 2.54. The van der Waals surface area contributed by atoms with E-state index in [0.717, 1.165) is 12.1 Å². The minimum Gasteiger partial charge on any atom is -0.447 e. The highest BCUT2D eigenvalue weighted by molar-refractivity contribution is 6.05. The van der Waals surface area contributed by atoms with Crippen LogP contribution in [0.1, 0.15) is 21.7 Å². The Morgan fingerprint density at radius 2 is 2.04 bits per heavy atom. The molecule has 1 aromatic heterocycles. The molecule has 9 heteroatoms. The number of alkyl halides is 3. The summed E-state index contributed by atoms with van der Waals surface area (Å²) in [6.45, 7) is 2.02. The molecule has 3 rings (SSSR count). The van der Waals surface area contributed by atoms with Crippen molar-refractivity contribution in [1.29, 1.82) is 0 Å². The minimum absolute atomic E-state index is 0.0309. The minimum atomic E-state index is -4.57. The maximum absolute atomic E-state index is 12.7. The quantitative estimate of drug-likeness (QED) is 0.902. The van der Waals surface area contributed by atoms with E-state index < -0.39 is 23.9 Å². The third-order valence-electron chi connectivity index (χ3n) is 3.80. The van der Waals surface area contributed by atoms with Crippen LogP contribution in [0.3, 0.4) is 0 Å². The van der Waals surface area contributed by atoms with Gasteiger partial charge in [0, 0.05) is 11.4 Å². The number of nitrogens with zero attached hydrogens (tertiary/aromatic N) is 2. The largest absolute Gasteiger partial charge is 0.447 e. The molecule has 0 aliphatic carbocycles. The standard InChI is InChI=1S/C17H14F3N3O3/c1-10-13(5-6-14(21-10)17(18,19)20)15(24)22-11-3-2-4-12(9-11)23-7-8-26-16(23)25/h2-6,9H,7-8H2,1H3,(H,22,24). The summed E-state index contributed by atoms with van der Waals surface area (Å²) >= 11 is 0. The SMILES string of the molecule is Cc1nc(C(F)(F)F)ccc1C(=O)Nc1cccc(N2CCOC2=O)c1. The molecule has 0 spiro atoms. The number of hydrogen-bond acceptors (Lipinski definition) is 4. The summed E-state index contributed by atoms with van der Waals surface area (Å²) in [6, 6.07) is 8.37. The van der Waals surface area contributed by atoms with Gasteiger partial charge in [-0.2, -0.15) is 13.2 Å². The Labute approximate surface area is 146 Å². The Kier molecular flexibility index (Phi) is 4.54. The second kappa shape index (κ2) is 6.66. The van der Waals surface area contributed by atoms with Gasteiger partial charge < -0.3 is 10.1 Å².